The molecule has 0 spiro atoms. The summed E-state index contributed by atoms with van der Waals surface area (Å²) in [6.07, 6.45) is 8.15. The van der Waals surface area contributed by atoms with Crippen molar-refractivity contribution in [2.75, 3.05) is 0 Å². The second kappa shape index (κ2) is 7.71. The van der Waals surface area contributed by atoms with Crippen molar-refractivity contribution in [2.24, 2.45) is 5.92 Å². The number of hydrogen-bond donors (Lipinski definition) is 0. The first-order valence-corrected chi connectivity index (χ1v) is 9.14. The number of ether oxygens (including phenoxy) is 2. The van der Waals surface area contributed by atoms with Gasteiger partial charge in [0.05, 0.1) is 6.10 Å². The molecule has 5 heteroatoms. The van der Waals surface area contributed by atoms with E-state index in [0.29, 0.717) is 17.9 Å². The summed E-state index contributed by atoms with van der Waals surface area (Å²) in [7, 11) is 0. The van der Waals surface area contributed by atoms with Crippen molar-refractivity contribution in [3.63, 3.8) is 0 Å². The highest BCUT2D eigenvalue weighted by atomic mass is 19.4. The van der Waals surface area contributed by atoms with Crippen molar-refractivity contribution in [2.45, 2.75) is 70.8 Å². The van der Waals surface area contributed by atoms with Crippen LogP contribution in [0, 0.1) is 12.8 Å². The Bertz CT molecular complexity index is 612. The molecular formula is C20H25F3O2. The van der Waals surface area contributed by atoms with Crippen molar-refractivity contribution < 1.29 is 22.6 Å². The average molecular weight is 354 g/mol. The van der Waals surface area contributed by atoms with Gasteiger partial charge in [-0.25, -0.2) is 0 Å². The summed E-state index contributed by atoms with van der Waals surface area (Å²) in [6, 6.07) is 3.47. The Kier molecular flexibility index (Phi) is 5.60. The minimum atomic E-state index is -4.71. The number of alkyl halides is 3. The number of rotatable bonds is 7. The molecule has 25 heavy (non-hydrogen) atoms. The second-order valence-electron chi connectivity index (χ2n) is 7.05. The summed E-state index contributed by atoms with van der Waals surface area (Å²) in [6.45, 7) is 1.68. The van der Waals surface area contributed by atoms with Crippen LogP contribution in [0.2, 0.25) is 0 Å². The molecule has 0 unspecified atom stereocenters. The number of benzene rings is 1. The Morgan fingerprint density at radius 1 is 1.12 bits per heavy atom. The standard InChI is InChI=1S/C20H25F3O2/c1-14-16(9-5-4-8-15-6-2-3-7-15)10-13-18(24-17-11-12-17)19(14)25-20(21,22)23/h4,8,10,13,15,17H,2-3,5-7,9,11-12H2,1H3/b8-4+. The van der Waals surface area contributed by atoms with E-state index in [2.05, 4.69) is 16.9 Å². The lowest BCUT2D eigenvalue weighted by atomic mass is 10.0. The Balaban J connectivity index is 1.68. The molecule has 0 aromatic heterocycles. The van der Waals surface area contributed by atoms with Gasteiger partial charge in [0.15, 0.2) is 11.5 Å². The number of aryl methyl sites for hydroxylation is 1. The van der Waals surface area contributed by atoms with E-state index in [1.165, 1.54) is 25.7 Å². The van der Waals surface area contributed by atoms with Gasteiger partial charge in [-0.15, -0.1) is 13.2 Å². The van der Waals surface area contributed by atoms with Crippen LogP contribution in [0.5, 0.6) is 11.5 Å². The molecule has 0 aliphatic heterocycles. The second-order valence-corrected chi connectivity index (χ2v) is 7.05. The van der Waals surface area contributed by atoms with Gasteiger partial charge in [0.2, 0.25) is 0 Å². The van der Waals surface area contributed by atoms with Crippen LogP contribution < -0.4 is 9.47 Å². The van der Waals surface area contributed by atoms with Crippen molar-refractivity contribution >= 4 is 0 Å². The molecule has 0 radical (unpaired) electrons. The summed E-state index contributed by atoms with van der Waals surface area (Å²) in [5.74, 6) is 0.693. The molecule has 2 aliphatic rings. The lowest BCUT2D eigenvalue weighted by Crippen LogP contribution is -2.19. The quantitative estimate of drug-likeness (QED) is 0.550. The predicted molar refractivity (Wildman–Crippen MR) is 90.9 cm³/mol. The molecule has 138 valence electrons. The fourth-order valence-electron chi connectivity index (χ4n) is 3.36. The van der Waals surface area contributed by atoms with E-state index < -0.39 is 6.36 Å². The third-order valence-corrected chi connectivity index (χ3v) is 4.91. The number of allylic oxidation sites excluding steroid dienone is 2. The average Bonchev–Trinajstić information content (AvgIpc) is 3.20. The van der Waals surface area contributed by atoms with Crippen LogP contribution in [0.1, 0.15) is 56.1 Å². The maximum atomic E-state index is 12.8. The molecule has 0 amide bonds. The van der Waals surface area contributed by atoms with Crippen LogP contribution in [-0.2, 0) is 6.42 Å². The van der Waals surface area contributed by atoms with Gasteiger partial charge in [-0.05, 0) is 68.6 Å². The van der Waals surface area contributed by atoms with Crippen molar-refractivity contribution in [1.82, 2.24) is 0 Å². The lowest BCUT2D eigenvalue weighted by Gasteiger charge is -2.18. The molecule has 0 heterocycles. The molecule has 2 aliphatic carbocycles. The van der Waals surface area contributed by atoms with Gasteiger partial charge >= 0.3 is 6.36 Å². The summed E-state index contributed by atoms with van der Waals surface area (Å²) in [4.78, 5) is 0. The Morgan fingerprint density at radius 2 is 1.84 bits per heavy atom. The summed E-state index contributed by atoms with van der Waals surface area (Å²) in [5.41, 5.74) is 1.39. The third kappa shape index (κ3) is 5.41. The monoisotopic (exact) mass is 354 g/mol. The van der Waals surface area contributed by atoms with Gasteiger partial charge in [0, 0.05) is 0 Å². The van der Waals surface area contributed by atoms with Crippen LogP contribution >= 0.6 is 0 Å². The first-order chi connectivity index (χ1) is 11.9. The topological polar surface area (TPSA) is 18.5 Å². The van der Waals surface area contributed by atoms with E-state index in [9.17, 15) is 13.2 Å². The molecule has 2 saturated carbocycles. The fourth-order valence-corrected chi connectivity index (χ4v) is 3.36. The smallest absolute Gasteiger partial charge is 0.487 e. The molecule has 2 nitrogen and oxygen atoms in total. The first-order valence-electron chi connectivity index (χ1n) is 9.14. The van der Waals surface area contributed by atoms with Crippen molar-refractivity contribution in [3.8, 4) is 11.5 Å². The number of halogens is 3. The van der Waals surface area contributed by atoms with Gasteiger partial charge in [-0.3, -0.25) is 0 Å². The largest absolute Gasteiger partial charge is 0.573 e. The zero-order valence-corrected chi connectivity index (χ0v) is 14.6. The van der Waals surface area contributed by atoms with Gasteiger partial charge in [-0.2, -0.15) is 0 Å². The van der Waals surface area contributed by atoms with Gasteiger partial charge in [-0.1, -0.05) is 31.1 Å². The third-order valence-electron chi connectivity index (χ3n) is 4.91. The normalized spacial score (nSPS) is 18.9. The summed E-state index contributed by atoms with van der Waals surface area (Å²) >= 11 is 0. The minimum Gasteiger partial charge on any atom is -0.487 e. The van der Waals surface area contributed by atoms with Crippen LogP contribution in [0.15, 0.2) is 24.3 Å². The highest BCUT2D eigenvalue weighted by Crippen LogP contribution is 2.40. The van der Waals surface area contributed by atoms with Crippen molar-refractivity contribution in [1.29, 1.82) is 0 Å². The van der Waals surface area contributed by atoms with Crippen LogP contribution in [-0.4, -0.2) is 12.5 Å². The van der Waals surface area contributed by atoms with E-state index in [4.69, 9.17) is 4.74 Å². The Morgan fingerprint density at radius 3 is 2.48 bits per heavy atom. The van der Waals surface area contributed by atoms with Gasteiger partial charge < -0.3 is 9.47 Å². The Labute approximate surface area is 147 Å². The molecule has 0 N–H and O–H groups in total. The molecule has 1 aromatic rings. The van der Waals surface area contributed by atoms with E-state index in [0.717, 1.165) is 24.8 Å². The van der Waals surface area contributed by atoms with Crippen LogP contribution in [0.4, 0.5) is 13.2 Å². The molecule has 2 fully saturated rings. The SMILES string of the molecule is Cc1c(CC/C=C/C2CCCC2)ccc(OC2CC2)c1OC(F)(F)F. The van der Waals surface area contributed by atoms with Crippen LogP contribution in [0.25, 0.3) is 0 Å². The molecule has 1 aromatic carbocycles. The van der Waals surface area contributed by atoms with Gasteiger partial charge in [0.25, 0.3) is 0 Å². The molecular weight excluding hydrogens is 329 g/mol. The molecule has 0 saturated heterocycles. The summed E-state index contributed by atoms with van der Waals surface area (Å²) < 4.78 is 48.2. The lowest BCUT2D eigenvalue weighted by molar-refractivity contribution is -0.275. The van der Waals surface area contributed by atoms with Crippen molar-refractivity contribution in [3.05, 3.63) is 35.4 Å². The predicted octanol–water partition coefficient (Wildman–Crippen LogP) is 6.11. The zero-order valence-electron chi connectivity index (χ0n) is 14.6. The maximum Gasteiger partial charge on any atom is 0.573 e. The fraction of sp³-hybridized carbons (Fsp3) is 0.600. The van der Waals surface area contributed by atoms with E-state index in [1.54, 1.807) is 13.0 Å². The van der Waals surface area contributed by atoms with E-state index in [1.807, 2.05) is 6.07 Å². The van der Waals surface area contributed by atoms with E-state index in [-0.39, 0.29) is 17.6 Å². The molecule has 0 atom stereocenters. The van der Waals surface area contributed by atoms with E-state index >= 15 is 0 Å². The minimum absolute atomic E-state index is 0.0233. The summed E-state index contributed by atoms with van der Waals surface area (Å²) in [5, 5.41) is 0. The van der Waals surface area contributed by atoms with Crippen LogP contribution in [0.3, 0.4) is 0 Å². The molecule has 0 bridgehead atoms. The zero-order chi connectivity index (χ0) is 17.9. The maximum absolute atomic E-state index is 12.8. The Hall–Kier alpha value is -1.65. The van der Waals surface area contributed by atoms with Gasteiger partial charge in [0.1, 0.15) is 0 Å². The number of hydrogen-bond acceptors (Lipinski definition) is 2. The highest BCUT2D eigenvalue weighted by molar-refractivity contribution is 5.50. The molecule has 3 rings (SSSR count). The first kappa shape index (κ1) is 18.2. The highest BCUT2D eigenvalue weighted by Gasteiger charge is 2.35.